The van der Waals surface area contributed by atoms with Gasteiger partial charge in [0, 0.05) is 13.6 Å². The van der Waals surface area contributed by atoms with E-state index in [1.807, 2.05) is 11.9 Å². The summed E-state index contributed by atoms with van der Waals surface area (Å²) in [6.07, 6.45) is 2.47. The number of hydrogen-bond donors (Lipinski definition) is 2. The van der Waals surface area contributed by atoms with Gasteiger partial charge in [0.2, 0.25) is 10.0 Å². The molecule has 0 spiro atoms. The third kappa shape index (κ3) is 2.89. The minimum absolute atomic E-state index is 0.101. The van der Waals surface area contributed by atoms with Crippen LogP contribution in [0.2, 0.25) is 0 Å². The second kappa shape index (κ2) is 4.19. The second-order valence-electron chi connectivity index (χ2n) is 4.59. The summed E-state index contributed by atoms with van der Waals surface area (Å²) in [5, 5.41) is 5.10. The van der Waals surface area contributed by atoms with Crippen LogP contribution in [0.3, 0.4) is 0 Å². The third-order valence-electron chi connectivity index (χ3n) is 2.97. The van der Waals surface area contributed by atoms with Gasteiger partial charge in [-0.3, -0.25) is 0 Å². The Kier molecular flexibility index (Phi) is 3.01. The molecular weight excluding hydrogens is 238 g/mol. The van der Waals surface area contributed by atoms with Gasteiger partial charge < -0.3 is 10.6 Å². The van der Waals surface area contributed by atoms with Gasteiger partial charge in [-0.2, -0.15) is 0 Å². The summed E-state index contributed by atoms with van der Waals surface area (Å²) in [5.41, 5.74) is 7.15. The van der Waals surface area contributed by atoms with Gasteiger partial charge in [-0.05, 0) is 37.0 Å². The molecule has 6 heteroatoms. The van der Waals surface area contributed by atoms with E-state index in [0.717, 1.165) is 12.2 Å². The first-order chi connectivity index (χ1) is 7.88. The van der Waals surface area contributed by atoms with Crippen molar-refractivity contribution < 1.29 is 8.42 Å². The van der Waals surface area contributed by atoms with Gasteiger partial charge in [-0.1, -0.05) is 0 Å². The minimum Gasteiger partial charge on any atom is -0.397 e. The van der Waals surface area contributed by atoms with Gasteiger partial charge in [-0.15, -0.1) is 0 Å². The van der Waals surface area contributed by atoms with Crippen LogP contribution in [0.5, 0.6) is 0 Å². The van der Waals surface area contributed by atoms with Crippen molar-refractivity contribution in [3.8, 4) is 0 Å². The molecule has 0 aliphatic heterocycles. The van der Waals surface area contributed by atoms with Crippen LogP contribution >= 0.6 is 0 Å². The van der Waals surface area contributed by atoms with Crippen LogP contribution in [0, 0.1) is 5.92 Å². The maximum Gasteiger partial charge on any atom is 0.238 e. The summed E-state index contributed by atoms with van der Waals surface area (Å²) in [7, 11) is -1.76. The fourth-order valence-electron chi connectivity index (χ4n) is 1.82. The lowest BCUT2D eigenvalue weighted by Crippen LogP contribution is -2.22. The monoisotopic (exact) mass is 255 g/mol. The van der Waals surface area contributed by atoms with E-state index >= 15 is 0 Å². The number of nitrogens with two attached hydrogens (primary N) is 2. The quantitative estimate of drug-likeness (QED) is 0.777. The van der Waals surface area contributed by atoms with Gasteiger partial charge in [0.25, 0.3) is 0 Å². The molecule has 1 fully saturated rings. The third-order valence-corrected chi connectivity index (χ3v) is 3.88. The van der Waals surface area contributed by atoms with E-state index in [1.165, 1.54) is 25.0 Å². The van der Waals surface area contributed by atoms with Gasteiger partial charge in [0.1, 0.15) is 0 Å². The first-order valence-electron chi connectivity index (χ1n) is 5.51. The molecule has 0 heterocycles. The summed E-state index contributed by atoms with van der Waals surface area (Å²) in [6.45, 7) is 0.901. The molecule has 0 unspecified atom stereocenters. The Bertz CT molecular complexity index is 524. The molecule has 1 aromatic carbocycles. The highest BCUT2D eigenvalue weighted by Gasteiger charge is 2.24. The Labute approximate surface area is 101 Å². The molecule has 1 aromatic rings. The van der Waals surface area contributed by atoms with E-state index in [9.17, 15) is 8.42 Å². The van der Waals surface area contributed by atoms with Crippen molar-refractivity contribution in [2.75, 3.05) is 24.2 Å². The first kappa shape index (κ1) is 12.2. The van der Waals surface area contributed by atoms with Crippen molar-refractivity contribution in [3.05, 3.63) is 18.2 Å². The van der Waals surface area contributed by atoms with Crippen LogP contribution in [0.1, 0.15) is 12.8 Å². The van der Waals surface area contributed by atoms with Crippen LogP contribution in [-0.4, -0.2) is 22.0 Å². The Balaban J connectivity index is 2.31. The molecule has 5 nitrogen and oxygen atoms in total. The summed E-state index contributed by atoms with van der Waals surface area (Å²) < 4.78 is 22.5. The van der Waals surface area contributed by atoms with E-state index in [1.54, 1.807) is 6.07 Å². The van der Waals surface area contributed by atoms with Crippen molar-refractivity contribution in [2.45, 2.75) is 17.7 Å². The zero-order valence-electron chi connectivity index (χ0n) is 9.76. The summed E-state index contributed by atoms with van der Waals surface area (Å²) >= 11 is 0. The average molecular weight is 255 g/mol. The number of primary sulfonamides is 1. The topological polar surface area (TPSA) is 89.4 Å². The zero-order valence-corrected chi connectivity index (χ0v) is 10.6. The molecule has 0 saturated heterocycles. The van der Waals surface area contributed by atoms with Gasteiger partial charge in [0.05, 0.1) is 16.3 Å². The van der Waals surface area contributed by atoms with Gasteiger partial charge in [0.15, 0.2) is 0 Å². The van der Waals surface area contributed by atoms with Gasteiger partial charge in [-0.25, -0.2) is 13.6 Å². The summed E-state index contributed by atoms with van der Waals surface area (Å²) in [6, 6.07) is 4.55. The van der Waals surface area contributed by atoms with E-state index < -0.39 is 10.0 Å². The number of nitrogens with zero attached hydrogens (tertiary/aromatic N) is 1. The Morgan fingerprint density at radius 3 is 2.59 bits per heavy atom. The smallest absolute Gasteiger partial charge is 0.238 e. The van der Waals surface area contributed by atoms with Crippen molar-refractivity contribution in [3.63, 3.8) is 0 Å². The molecule has 94 valence electrons. The first-order valence-corrected chi connectivity index (χ1v) is 7.06. The molecule has 17 heavy (non-hydrogen) atoms. The number of benzene rings is 1. The van der Waals surface area contributed by atoms with Crippen LogP contribution in [0.15, 0.2) is 23.1 Å². The van der Waals surface area contributed by atoms with Crippen molar-refractivity contribution >= 4 is 21.4 Å². The largest absolute Gasteiger partial charge is 0.397 e. The van der Waals surface area contributed by atoms with Crippen molar-refractivity contribution in [2.24, 2.45) is 11.1 Å². The van der Waals surface area contributed by atoms with Crippen LogP contribution in [0.25, 0.3) is 0 Å². The minimum atomic E-state index is -3.67. The van der Waals surface area contributed by atoms with Crippen molar-refractivity contribution in [1.29, 1.82) is 0 Å². The molecule has 1 aliphatic rings. The average Bonchev–Trinajstić information content (AvgIpc) is 3.00. The maximum absolute atomic E-state index is 11.3. The highest BCUT2D eigenvalue weighted by Crippen LogP contribution is 2.33. The molecule has 4 N–H and O–H groups in total. The SMILES string of the molecule is CN(CC1CC1)c1cc(S(N)(=O)=O)ccc1N. The van der Waals surface area contributed by atoms with Gasteiger partial charge >= 0.3 is 0 Å². The Hall–Kier alpha value is -1.27. The Morgan fingerprint density at radius 2 is 2.06 bits per heavy atom. The summed E-state index contributed by atoms with van der Waals surface area (Å²) in [5.74, 6) is 0.706. The predicted octanol–water partition coefficient (Wildman–Crippen LogP) is 0.762. The molecule has 1 aliphatic carbocycles. The molecule has 1 saturated carbocycles. The van der Waals surface area contributed by atoms with Crippen LogP contribution in [0.4, 0.5) is 11.4 Å². The maximum atomic E-state index is 11.3. The number of nitrogen functional groups attached to an aromatic ring is 1. The summed E-state index contributed by atoms with van der Waals surface area (Å²) in [4.78, 5) is 2.09. The van der Waals surface area contributed by atoms with E-state index in [4.69, 9.17) is 10.9 Å². The predicted molar refractivity (Wildman–Crippen MR) is 68.2 cm³/mol. The zero-order chi connectivity index (χ0) is 12.6. The lowest BCUT2D eigenvalue weighted by Gasteiger charge is -2.21. The van der Waals surface area contributed by atoms with E-state index in [0.29, 0.717) is 11.6 Å². The fourth-order valence-corrected chi connectivity index (χ4v) is 2.35. The second-order valence-corrected chi connectivity index (χ2v) is 6.15. The van der Waals surface area contributed by atoms with E-state index in [2.05, 4.69) is 0 Å². The molecule has 0 amide bonds. The number of hydrogen-bond acceptors (Lipinski definition) is 4. The molecule has 0 radical (unpaired) electrons. The Morgan fingerprint density at radius 1 is 1.41 bits per heavy atom. The molecule has 2 rings (SSSR count). The van der Waals surface area contributed by atoms with Crippen molar-refractivity contribution in [1.82, 2.24) is 0 Å². The molecule has 0 atom stereocenters. The number of rotatable bonds is 4. The van der Waals surface area contributed by atoms with Crippen LogP contribution < -0.4 is 15.8 Å². The van der Waals surface area contributed by atoms with Crippen LogP contribution in [-0.2, 0) is 10.0 Å². The molecule has 0 aromatic heterocycles. The number of anilines is 2. The lowest BCUT2D eigenvalue weighted by molar-refractivity contribution is 0.598. The number of sulfonamides is 1. The normalized spacial score (nSPS) is 15.9. The fraction of sp³-hybridized carbons (Fsp3) is 0.455. The highest BCUT2D eigenvalue weighted by molar-refractivity contribution is 7.89. The highest BCUT2D eigenvalue weighted by atomic mass is 32.2. The molecular formula is C11H17N3O2S. The standard InChI is InChI=1S/C11H17N3O2S/c1-14(7-8-2-3-8)11-6-9(17(13,15)16)4-5-10(11)12/h4-6,8H,2-3,7,12H2,1H3,(H2,13,15,16). The van der Waals surface area contributed by atoms with E-state index in [-0.39, 0.29) is 4.90 Å². The molecule has 0 bridgehead atoms. The lowest BCUT2D eigenvalue weighted by atomic mass is 10.2.